The third-order valence-corrected chi connectivity index (χ3v) is 2.39. The average Bonchev–Trinajstić information content (AvgIpc) is 2.10. The Morgan fingerprint density at radius 3 is 2.92 bits per heavy atom. The zero-order chi connectivity index (χ0) is 9.84. The second kappa shape index (κ2) is 4.28. The van der Waals surface area contributed by atoms with Crippen molar-refractivity contribution < 1.29 is 4.79 Å². The van der Waals surface area contributed by atoms with Crippen molar-refractivity contribution in [2.45, 2.75) is 6.92 Å². The first kappa shape index (κ1) is 10.1. The molecule has 13 heavy (non-hydrogen) atoms. The van der Waals surface area contributed by atoms with E-state index in [9.17, 15) is 9.59 Å². The van der Waals surface area contributed by atoms with Crippen molar-refractivity contribution in [1.82, 2.24) is 4.57 Å². The zero-order valence-corrected chi connectivity index (χ0v) is 8.43. The fourth-order valence-corrected chi connectivity index (χ4v) is 1.53. The highest BCUT2D eigenvalue weighted by atomic mass is 32.2. The molecule has 0 N–H and O–H groups in total. The molecule has 0 amide bonds. The van der Waals surface area contributed by atoms with Crippen molar-refractivity contribution in [1.29, 1.82) is 0 Å². The quantitative estimate of drug-likeness (QED) is 0.717. The van der Waals surface area contributed by atoms with E-state index in [1.807, 2.05) is 6.92 Å². The highest BCUT2D eigenvalue weighted by Gasteiger charge is 2.09. The Morgan fingerprint density at radius 1 is 1.62 bits per heavy atom. The minimum Gasteiger partial charge on any atom is -0.318 e. The maximum absolute atomic E-state index is 11.4. The zero-order valence-electron chi connectivity index (χ0n) is 7.61. The number of hydrogen-bond donors (Lipinski definition) is 0. The summed E-state index contributed by atoms with van der Waals surface area (Å²) < 4.78 is 1.41. The van der Waals surface area contributed by atoms with E-state index in [1.165, 1.54) is 4.57 Å². The van der Waals surface area contributed by atoms with Crippen LogP contribution in [0.5, 0.6) is 0 Å². The van der Waals surface area contributed by atoms with Gasteiger partial charge in [0.2, 0.25) is 5.12 Å². The van der Waals surface area contributed by atoms with Crippen LogP contribution in [0.4, 0.5) is 0 Å². The lowest BCUT2D eigenvalue weighted by molar-refractivity contribution is 0.108. The van der Waals surface area contributed by atoms with E-state index in [1.54, 1.807) is 25.4 Å². The Kier molecular flexibility index (Phi) is 3.31. The van der Waals surface area contributed by atoms with Gasteiger partial charge in [-0.2, -0.15) is 0 Å². The molecular formula is C9H11NO2S. The summed E-state index contributed by atoms with van der Waals surface area (Å²) in [7, 11) is 1.63. The number of nitrogens with zero attached hydrogens (tertiary/aromatic N) is 1. The van der Waals surface area contributed by atoms with Crippen LogP contribution < -0.4 is 5.56 Å². The summed E-state index contributed by atoms with van der Waals surface area (Å²) in [6.07, 6.45) is 1.63. The second-order valence-electron chi connectivity index (χ2n) is 2.56. The van der Waals surface area contributed by atoms with Gasteiger partial charge in [-0.25, -0.2) is 0 Å². The molecule has 0 aliphatic rings. The largest absolute Gasteiger partial charge is 0.318 e. The van der Waals surface area contributed by atoms with Gasteiger partial charge in [0.25, 0.3) is 5.56 Å². The molecular weight excluding hydrogens is 186 g/mol. The lowest BCUT2D eigenvalue weighted by Crippen LogP contribution is -2.22. The lowest BCUT2D eigenvalue weighted by Gasteiger charge is -2.00. The van der Waals surface area contributed by atoms with Crippen molar-refractivity contribution in [2.24, 2.45) is 7.05 Å². The Labute approximate surface area is 80.8 Å². The summed E-state index contributed by atoms with van der Waals surface area (Å²) >= 11 is 1.15. The summed E-state index contributed by atoms with van der Waals surface area (Å²) in [4.78, 5) is 22.8. The maximum Gasteiger partial charge on any atom is 0.262 e. The number of pyridine rings is 1. The van der Waals surface area contributed by atoms with E-state index in [-0.39, 0.29) is 16.2 Å². The monoisotopic (exact) mass is 197 g/mol. The molecule has 0 aliphatic heterocycles. The summed E-state index contributed by atoms with van der Waals surface area (Å²) in [6.45, 7) is 1.88. The van der Waals surface area contributed by atoms with Crippen LogP contribution in [0.2, 0.25) is 0 Å². The molecule has 1 rings (SSSR count). The van der Waals surface area contributed by atoms with E-state index in [0.717, 1.165) is 11.8 Å². The number of aryl methyl sites for hydroxylation is 1. The molecule has 0 unspecified atom stereocenters. The van der Waals surface area contributed by atoms with Crippen LogP contribution in [-0.2, 0) is 7.05 Å². The van der Waals surface area contributed by atoms with Gasteiger partial charge in [-0.15, -0.1) is 0 Å². The van der Waals surface area contributed by atoms with Crippen LogP contribution in [0.3, 0.4) is 0 Å². The summed E-state index contributed by atoms with van der Waals surface area (Å²) in [6, 6.07) is 3.26. The van der Waals surface area contributed by atoms with E-state index >= 15 is 0 Å². The predicted octanol–water partition coefficient (Wildman–Crippen LogP) is 1.28. The molecule has 0 atom stereocenters. The molecule has 4 heteroatoms. The maximum atomic E-state index is 11.4. The Bertz CT molecular complexity index is 370. The van der Waals surface area contributed by atoms with Crippen LogP contribution in [0.25, 0.3) is 0 Å². The van der Waals surface area contributed by atoms with E-state index in [4.69, 9.17) is 0 Å². The van der Waals surface area contributed by atoms with Gasteiger partial charge in [0.1, 0.15) is 0 Å². The number of carbonyl (C=O) groups excluding carboxylic acids is 1. The van der Waals surface area contributed by atoms with Gasteiger partial charge in [-0.1, -0.05) is 18.7 Å². The van der Waals surface area contributed by atoms with E-state index in [0.29, 0.717) is 5.75 Å². The van der Waals surface area contributed by atoms with Crippen LogP contribution in [0, 0.1) is 0 Å². The van der Waals surface area contributed by atoms with Gasteiger partial charge in [-0.05, 0) is 17.9 Å². The molecule has 0 saturated heterocycles. The topological polar surface area (TPSA) is 39.1 Å². The van der Waals surface area contributed by atoms with Crippen molar-refractivity contribution in [3.05, 3.63) is 34.2 Å². The number of thioether (sulfide) groups is 1. The first-order valence-corrected chi connectivity index (χ1v) is 4.98. The molecule has 0 radical (unpaired) electrons. The molecule has 0 fully saturated rings. The molecule has 0 bridgehead atoms. The Morgan fingerprint density at radius 2 is 2.31 bits per heavy atom. The molecule has 0 aliphatic carbocycles. The molecule has 70 valence electrons. The highest BCUT2D eigenvalue weighted by molar-refractivity contribution is 8.14. The highest BCUT2D eigenvalue weighted by Crippen LogP contribution is 2.07. The SMILES string of the molecule is CCSC(=O)c1cccn(C)c1=O. The lowest BCUT2D eigenvalue weighted by atomic mass is 10.3. The normalized spacial score (nSPS) is 10.0. The molecule has 0 spiro atoms. The van der Waals surface area contributed by atoms with Crippen LogP contribution in [-0.4, -0.2) is 15.4 Å². The fraction of sp³-hybridized carbons (Fsp3) is 0.333. The minimum absolute atomic E-state index is 0.149. The summed E-state index contributed by atoms with van der Waals surface area (Å²) in [5.74, 6) is 0.691. The van der Waals surface area contributed by atoms with Gasteiger partial charge >= 0.3 is 0 Å². The smallest absolute Gasteiger partial charge is 0.262 e. The third kappa shape index (κ3) is 2.21. The van der Waals surface area contributed by atoms with E-state index in [2.05, 4.69) is 0 Å². The minimum atomic E-state index is -0.228. The van der Waals surface area contributed by atoms with Crippen molar-refractivity contribution >= 4 is 16.9 Å². The molecule has 1 heterocycles. The molecule has 1 aromatic rings. The Hall–Kier alpha value is -1.03. The Balaban J connectivity index is 3.08. The van der Waals surface area contributed by atoms with Gasteiger partial charge in [0, 0.05) is 13.2 Å². The van der Waals surface area contributed by atoms with Crippen LogP contribution in [0.15, 0.2) is 23.1 Å². The van der Waals surface area contributed by atoms with Crippen molar-refractivity contribution in [2.75, 3.05) is 5.75 Å². The second-order valence-corrected chi connectivity index (χ2v) is 3.80. The van der Waals surface area contributed by atoms with Crippen molar-refractivity contribution in [3.63, 3.8) is 0 Å². The van der Waals surface area contributed by atoms with Gasteiger partial charge in [0.15, 0.2) is 0 Å². The fourth-order valence-electron chi connectivity index (χ4n) is 0.962. The van der Waals surface area contributed by atoms with Crippen LogP contribution in [0.1, 0.15) is 17.3 Å². The summed E-state index contributed by atoms with van der Waals surface area (Å²) in [5, 5.41) is -0.149. The van der Waals surface area contributed by atoms with Crippen LogP contribution >= 0.6 is 11.8 Å². The molecule has 3 nitrogen and oxygen atoms in total. The average molecular weight is 197 g/mol. The van der Waals surface area contributed by atoms with Gasteiger partial charge in [0.05, 0.1) is 5.56 Å². The van der Waals surface area contributed by atoms with Gasteiger partial charge in [-0.3, -0.25) is 9.59 Å². The third-order valence-electron chi connectivity index (χ3n) is 1.62. The first-order valence-electron chi connectivity index (χ1n) is 3.99. The standard InChI is InChI=1S/C9H11NO2S/c1-3-13-9(12)7-5-4-6-10(2)8(7)11/h4-6H,3H2,1-2H3. The number of hydrogen-bond acceptors (Lipinski definition) is 3. The van der Waals surface area contributed by atoms with Gasteiger partial charge < -0.3 is 4.57 Å². The van der Waals surface area contributed by atoms with Crippen molar-refractivity contribution in [3.8, 4) is 0 Å². The summed E-state index contributed by atoms with van der Waals surface area (Å²) in [5.41, 5.74) is 0.0327. The molecule has 0 aromatic carbocycles. The molecule has 1 aromatic heterocycles. The van der Waals surface area contributed by atoms with E-state index < -0.39 is 0 Å². The number of aromatic nitrogens is 1. The molecule has 0 saturated carbocycles. The number of carbonyl (C=O) groups is 1. The number of rotatable bonds is 2. The predicted molar refractivity (Wildman–Crippen MR) is 54.1 cm³/mol. The first-order chi connectivity index (χ1) is 6.16.